The lowest BCUT2D eigenvalue weighted by molar-refractivity contribution is 0.1000. The third-order valence-electron chi connectivity index (χ3n) is 3.01. The minimum atomic E-state index is -0.714. The number of amides is 1. The highest BCUT2D eigenvalue weighted by atomic mass is 32.1. The number of aromatic nitrogens is 2. The van der Waals surface area contributed by atoms with E-state index in [1.165, 1.54) is 13.3 Å². The molecule has 8 heteroatoms. The molecule has 0 fully saturated rings. The molecule has 1 amide bonds. The number of methoxy groups -OCH3 is 1. The Morgan fingerprint density at radius 2 is 2.09 bits per heavy atom. The van der Waals surface area contributed by atoms with E-state index in [2.05, 4.69) is 9.97 Å². The molecule has 2 aromatic heterocycles. The molecule has 22 heavy (non-hydrogen) atoms. The van der Waals surface area contributed by atoms with Gasteiger partial charge in [0.25, 0.3) is 5.91 Å². The second-order valence-corrected chi connectivity index (χ2v) is 5.37. The average molecular weight is 321 g/mol. The van der Waals surface area contributed by atoms with Crippen LogP contribution in [0.5, 0.6) is 5.88 Å². The molecular weight excluding hydrogens is 312 g/mol. The quantitative estimate of drug-likeness (QED) is 0.804. The second kappa shape index (κ2) is 5.30. The molecule has 0 saturated heterocycles. The van der Waals surface area contributed by atoms with Crippen molar-refractivity contribution >= 4 is 27.5 Å². The molecule has 0 saturated carbocycles. The summed E-state index contributed by atoms with van der Waals surface area (Å²) >= 11 is 0.976. The molecule has 3 rings (SSSR count). The number of rotatable bonds is 3. The number of carbonyl (C=O) groups excluding carboxylic acids is 1. The Kier molecular flexibility index (Phi) is 3.45. The summed E-state index contributed by atoms with van der Waals surface area (Å²) < 4.78 is 32.9. The first-order valence-corrected chi connectivity index (χ1v) is 6.91. The number of hydrogen-bond acceptors (Lipinski definition) is 5. The maximum atomic E-state index is 14.0. The van der Waals surface area contributed by atoms with Crippen molar-refractivity contribution in [1.29, 1.82) is 0 Å². The lowest BCUT2D eigenvalue weighted by Crippen LogP contribution is -2.09. The van der Waals surface area contributed by atoms with Crippen LogP contribution < -0.4 is 10.5 Å². The smallest absolute Gasteiger partial charge is 0.277 e. The largest absolute Gasteiger partial charge is 0.479 e. The van der Waals surface area contributed by atoms with E-state index in [0.717, 1.165) is 29.5 Å². The van der Waals surface area contributed by atoms with Gasteiger partial charge in [-0.2, -0.15) is 0 Å². The second-order valence-electron chi connectivity index (χ2n) is 4.37. The van der Waals surface area contributed by atoms with E-state index in [4.69, 9.17) is 10.5 Å². The highest BCUT2D eigenvalue weighted by molar-refractivity contribution is 7.20. The predicted octanol–water partition coefficient (Wildman–Crippen LogP) is 2.74. The zero-order valence-electron chi connectivity index (χ0n) is 11.3. The molecule has 3 aromatic rings. The minimum Gasteiger partial charge on any atom is -0.479 e. The van der Waals surface area contributed by atoms with Crippen LogP contribution >= 0.6 is 11.3 Å². The van der Waals surface area contributed by atoms with E-state index in [1.54, 1.807) is 0 Å². The summed E-state index contributed by atoms with van der Waals surface area (Å²) in [4.78, 5) is 19.4. The molecule has 0 aliphatic heterocycles. The zero-order chi connectivity index (χ0) is 15.9. The normalized spacial score (nSPS) is 10.9. The molecule has 0 aliphatic carbocycles. The van der Waals surface area contributed by atoms with Gasteiger partial charge in [0.05, 0.1) is 11.8 Å². The van der Waals surface area contributed by atoms with E-state index in [0.29, 0.717) is 10.3 Å². The monoisotopic (exact) mass is 321 g/mol. The molecular formula is C14H9F2N3O2S. The Morgan fingerprint density at radius 3 is 2.77 bits per heavy atom. The van der Waals surface area contributed by atoms with Crippen molar-refractivity contribution < 1.29 is 18.3 Å². The third kappa shape index (κ3) is 2.27. The number of thiazole rings is 1. The van der Waals surface area contributed by atoms with Gasteiger partial charge >= 0.3 is 0 Å². The van der Waals surface area contributed by atoms with Crippen molar-refractivity contribution in [2.75, 3.05) is 7.11 Å². The van der Waals surface area contributed by atoms with Gasteiger partial charge in [-0.1, -0.05) is 0 Å². The fraction of sp³-hybridized carbons (Fsp3) is 0.0714. The van der Waals surface area contributed by atoms with Gasteiger partial charge in [0.2, 0.25) is 5.88 Å². The summed E-state index contributed by atoms with van der Waals surface area (Å²) in [5, 5.41) is 0.0411. The highest BCUT2D eigenvalue weighted by Crippen LogP contribution is 2.37. The highest BCUT2D eigenvalue weighted by Gasteiger charge is 2.19. The van der Waals surface area contributed by atoms with Crippen molar-refractivity contribution in [2.24, 2.45) is 5.73 Å². The molecule has 0 unspecified atom stereocenters. The Labute approximate surface area is 127 Å². The molecule has 5 nitrogen and oxygen atoms in total. The van der Waals surface area contributed by atoms with Gasteiger partial charge in [0.15, 0.2) is 5.01 Å². The van der Waals surface area contributed by atoms with E-state index in [-0.39, 0.29) is 22.0 Å². The molecule has 0 radical (unpaired) electrons. The molecule has 0 spiro atoms. The lowest BCUT2D eigenvalue weighted by Gasteiger charge is -2.06. The molecule has 0 aliphatic rings. The van der Waals surface area contributed by atoms with E-state index < -0.39 is 17.5 Å². The molecule has 0 bridgehead atoms. The number of ether oxygens (including phenoxy) is 1. The number of nitrogens with zero attached hydrogens (tertiary/aromatic N) is 2. The van der Waals surface area contributed by atoms with Crippen LogP contribution in [0.1, 0.15) is 9.80 Å². The minimum absolute atomic E-state index is 0.0276. The summed E-state index contributed by atoms with van der Waals surface area (Å²) in [5.41, 5.74) is 5.85. The number of halogens is 2. The SMILES string of the molecule is COc1ncc(-c2cc(F)ccc2F)c2sc(C(N)=O)nc12. The Morgan fingerprint density at radius 1 is 1.32 bits per heavy atom. The molecule has 2 heterocycles. The van der Waals surface area contributed by atoms with Gasteiger partial charge in [0, 0.05) is 17.3 Å². The van der Waals surface area contributed by atoms with Crippen LogP contribution in [0.25, 0.3) is 21.3 Å². The van der Waals surface area contributed by atoms with Crippen LogP contribution in [0.3, 0.4) is 0 Å². The maximum absolute atomic E-state index is 14.0. The van der Waals surface area contributed by atoms with E-state index in [1.807, 2.05) is 0 Å². The van der Waals surface area contributed by atoms with Gasteiger partial charge in [-0.15, -0.1) is 11.3 Å². The van der Waals surface area contributed by atoms with Crippen LogP contribution in [0.4, 0.5) is 8.78 Å². The van der Waals surface area contributed by atoms with Crippen LogP contribution in [-0.2, 0) is 0 Å². The van der Waals surface area contributed by atoms with Crippen molar-refractivity contribution in [3.05, 3.63) is 41.0 Å². The standard InChI is InChI=1S/C14H9F2N3O2S/c1-21-13-10-11(22-14(19-10)12(17)20)8(5-18-13)7-4-6(15)2-3-9(7)16/h2-5H,1H3,(H2,17,20). The number of carbonyl (C=O) groups is 1. The van der Waals surface area contributed by atoms with Crippen LogP contribution in [0.15, 0.2) is 24.4 Å². The first kappa shape index (κ1) is 14.3. The fourth-order valence-electron chi connectivity index (χ4n) is 2.04. The van der Waals surface area contributed by atoms with Crippen molar-refractivity contribution in [3.63, 3.8) is 0 Å². The first-order chi connectivity index (χ1) is 10.5. The molecule has 2 N–H and O–H groups in total. The van der Waals surface area contributed by atoms with Gasteiger partial charge in [0.1, 0.15) is 17.2 Å². The first-order valence-electron chi connectivity index (χ1n) is 6.10. The summed E-state index contributed by atoms with van der Waals surface area (Å²) in [6.07, 6.45) is 1.35. The van der Waals surface area contributed by atoms with Crippen molar-refractivity contribution in [3.8, 4) is 17.0 Å². The van der Waals surface area contributed by atoms with Gasteiger partial charge in [-0.05, 0) is 18.2 Å². The molecule has 112 valence electrons. The zero-order valence-corrected chi connectivity index (χ0v) is 12.1. The van der Waals surface area contributed by atoms with Gasteiger partial charge in [-0.25, -0.2) is 18.7 Å². The Bertz CT molecular complexity index is 895. The summed E-state index contributed by atoms with van der Waals surface area (Å²) in [6.45, 7) is 0. The van der Waals surface area contributed by atoms with Crippen LogP contribution in [0, 0.1) is 11.6 Å². The number of fused-ring (bicyclic) bond motifs is 1. The third-order valence-corrected chi connectivity index (χ3v) is 4.11. The van der Waals surface area contributed by atoms with Crippen molar-refractivity contribution in [1.82, 2.24) is 9.97 Å². The number of primary amides is 1. The Hall–Kier alpha value is -2.61. The molecule has 1 aromatic carbocycles. The van der Waals surface area contributed by atoms with Crippen molar-refractivity contribution in [2.45, 2.75) is 0 Å². The van der Waals surface area contributed by atoms with Gasteiger partial charge < -0.3 is 10.5 Å². The molecule has 0 atom stereocenters. The number of nitrogens with two attached hydrogens (primary N) is 1. The van der Waals surface area contributed by atoms with E-state index >= 15 is 0 Å². The Balaban J connectivity index is 2.35. The van der Waals surface area contributed by atoms with E-state index in [9.17, 15) is 13.6 Å². The van der Waals surface area contributed by atoms with Crippen LogP contribution in [-0.4, -0.2) is 23.0 Å². The number of pyridine rings is 1. The fourth-order valence-corrected chi connectivity index (χ4v) is 2.97. The predicted molar refractivity (Wildman–Crippen MR) is 77.8 cm³/mol. The summed E-state index contributed by atoms with van der Waals surface area (Å²) in [5.74, 6) is -1.73. The lowest BCUT2D eigenvalue weighted by atomic mass is 10.1. The number of benzene rings is 1. The average Bonchev–Trinajstić information content (AvgIpc) is 2.94. The maximum Gasteiger partial charge on any atom is 0.277 e. The summed E-state index contributed by atoms with van der Waals surface area (Å²) in [7, 11) is 1.40. The van der Waals surface area contributed by atoms with Crippen LogP contribution in [0.2, 0.25) is 0 Å². The topological polar surface area (TPSA) is 78.1 Å². The van der Waals surface area contributed by atoms with Gasteiger partial charge in [-0.3, -0.25) is 4.79 Å². The number of hydrogen-bond donors (Lipinski definition) is 1. The summed E-state index contributed by atoms with van der Waals surface area (Å²) in [6, 6.07) is 3.10.